The number of nitrogen functional groups attached to an aromatic ring is 1. The molecule has 124 valence electrons. The molecule has 6 nitrogen and oxygen atoms in total. The Hall–Kier alpha value is -3.19. The molecule has 0 unspecified atom stereocenters. The Morgan fingerprint density at radius 1 is 1.28 bits per heavy atom. The van der Waals surface area contributed by atoms with Crippen LogP contribution in [-0.2, 0) is 4.79 Å². The Kier molecular flexibility index (Phi) is 3.70. The standard InChI is InChI=1S/C18H14N4O2S/c1-10-16(22-18(19)25-10)11-5-6-14-13(8-11)21-17(23)15(24-14)9-12-4-2-3-7-20-12/h2-9H,1H3,(H2,19,22)(H,21,23)/b15-9+. The maximum atomic E-state index is 12.3. The van der Waals surface area contributed by atoms with Gasteiger partial charge in [0, 0.05) is 22.7 Å². The number of carbonyl (C=O) groups excluding carboxylic acids is 1. The van der Waals surface area contributed by atoms with Crippen LogP contribution >= 0.6 is 11.3 Å². The third kappa shape index (κ3) is 2.97. The van der Waals surface area contributed by atoms with Crippen molar-refractivity contribution in [1.82, 2.24) is 9.97 Å². The molecule has 0 aliphatic carbocycles. The number of nitrogens with two attached hydrogens (primary N) is 1. The van der Waals surface area contributed by atoms with Crippen molar-refractivity contribution in [3.63, 3.8) is 0 Å². The Balaban J connectivity index is 1.68. The first kappa shape index (κ1) is 15.3. The molecule has 0 saturated carbocycles. The summed E-state index contributed by atoms with van der Waals surface area (Å²) in [6.45, 7) is 1.96. The van der Waals surface area contributed by atoms with Gasteiger partial charge in [0.05, 0.1) is 17.1 Å². The van der Waals surface area contributed by atoms with Gasteiger partial charge in [0.1, 0.15) is 0 Å². The van der Waals surface area contributed by atoms with Crippen LogP contribution in [-0.4, -0.2) is 15.9 Å². The van der Waals surface area contributed by atoms with Gasteiger partial charge >= 0.3 is 0 Å². The Morgan fingerprint density at radius 2 is 2.16 bits per heavy atom. The van der Waals surface area contributed by atoms with Crippen LogP contribution in [0.15, 0.2) is 48.4 Å². The topological polar surface area (TPSA) is 90.1 Å². The molecule has 0 saturated heterocycles. The second kappa shape index (κ2) is 6.03. The monoisotopic (exact) mass is 350 g/mol. The maximum absolute atomic E-state index is 12.3. The first-order chi connectivity index (χ1) is 12.1. The molecular weight excluding hydrogens is 336 g/mol. The van der Waals surface area contributed by atoms with Crippen molar-refractivity contribution in [1.29, 1.82) is 0 Å². The number of aryl methyl sites for hydroxylation is 1. The SMILES string of the molecule is Cc1sc(N)nc1-c1ccc2c(c1)NC(=O)/C(=C\c1ccccn1)O2. The number of thiazole rings is 1. The predicted octanol–water partition coefficient (Wildman–Crippen LogP) is 3.47. The summed E-state index contributed by atoms with van der Waals surface area (Å²) >= 11 is 1.44. The van der Waals surface area contributed by atoms with Crippen LogP contribution in [0.3, 0.4) is 0 Å². The molecule has 0 fully saturated rings. The molecule has 3 heterocycles. The lowest BCUT2D eigenvalue weighted by Gasteiger charge is -2.20. The number of hydrogen-bond acceptors (Lipinski definition) is 6. The normalized spacial score (nSPS) is 14.8. The number of carbonyl (C=O) groups is 1. The van der Waals surface area contributed by atoms with Gasteiger partial charge in [0.25, 0.3) is 5.91 Å². The molecule has 1 amide bonds. The second-order valence-corrected chi connectivity index (χ2v) is 6.72. The van der Waals surface area contributed by atoms with Crippen LogP contribution in [0.1, 0.15) is 10.6 Å². The third-order valence-corrected chi connectivity index (χ3v) is 4.52. The van der Waals surface area contributed by atoms with Crippen LogP contribution in [0.4, 0.5) is 10.8 Å². The van der Waals surface area contributed by atoms with Crippen LogP contribution < -0.4 is 15.8 Å². The van der Waals surface area contributed by atoms with E-state index in [2.05, 4.69) is 15.3 Å². The molecule has 0 bridgehead atoms. The molecule has 0 atom stereocenters. The van der Waals surface area contributed by atoms with Gasteiger partial charge in [-0.05, 0) is 37.3 Å². The first-order valence-corrected chi connectivity index (χ1v) is 8.41. The number of pyridine rings is 1. The summed E-state index contributed by atoms with van der Waals surface area (Å²) in [5.74, 6) is 0.462. The molecule has 3 N–H and O–H groups in total. The van der Waals surface area contributed by atoms with Crippen molar-refractivity contribution >= 4 is 34.1 Å². The summed E-state index contributed by atoms with van der Waals surface area (Å²) in [6.07, 6.45) is 3.27. The molecule has 1 aromatic carbocycles. The largest absolute Gasteiger partial charge is 0.449 e. The molecule has 3 aromatic rings. The van der Waals surface area contributed by atoms with Crippen molar-refractivity contribution in [2.45, 2.75) is 6.92 Å². The lowest BCUT2D eigenvalue weighted by Crippen LogP contribution is -2.23. The summed E-state index contributed by atoms with van der Waals surface area (Å²) in [6, 6.07) is 11.0. The smallest absolute Gasteiger partial charge is 0.291 e. The van der Waals surface area contributed by atoms with Gasteiger partial charge < -0.3 is 15.8 Å². The van der Waals surface area contributed by atoms with E-state index in [0.29, 0.717) is 22.3 Å². The average molecular weight is 350 g/mol. The molecular formula is C18H14N4O2S. The van der Waals surface area contributed by atoms with Crippen molar-refractivity contribution in [3.8, 4) is 17.0 Å². The number of ether oxygens (including phenoxy) is 1. The highest BCUT2D eigenvalue weighted by Gasteiger charge is 2.23. The average Bonchev–Trinajstić information content (AvgIpc) is 2.94. The van der Waals surface area contributed by atoms with E-state index in [-0.39, 0.29) is 11.7 Å². The van der Waals surface area contributed by atoms with Crippen molar-refractivity contribution in [2.75, 3.05) is 11.1 Å². The quantitative estimate of drug-likeness (QED) is 0.691. The fourth-order valence-corrected chi connectivity index (χ4v) is 3.30. The van der Waals surface area contributed by atoms with E-state index < -0.39 is 0 Å². The van der Waals surface area contributed by atoms with E-state index in [1.54, 1.807) is 18.3 Å². The van der Waals surface area contributed by atoms with Crippen molar-refractivity contribution in [3.05, 3.63) is 58.9 Å². The molecule has 2 aromatic heterocycles. The zero-order valence-electron chi connectivity index (χ0n) is 13.3. The van der Waals surface area contributed by atoms with Crippen LogP contribution in [0, 0.1) is 6.92 Å². The van der Waals surface area contributed by atoms with Crippen LogP contribution in [0.2, 0.25) is 0 Å². The number of nitrogens with zero attached hydrogens (tertiary/aromatic N) is 2. The maximum Gasteiger partial charge on any atom is 0.291 e. The fourth-order valence-electron chi connectivity index (χ4n) is 2.59. The first-order valence-electron chi connectivity index (χ1n) is 7.59. The zero-order valence-corrected chi connectivity index (χ0v) is 14.1. The number of hydrogen-bond donors (Lipinski definition) is 2. The van der Waals surface area contributed by atoms with E-state index >= 15 is 0 Å². The van der Waals surface area contributed by atoms with Crippen LogP contribution in [0.25, 0.3) is 17.3 Å². The van der Waals surface area contributed by atoms with E-state index in [1.165, 1.54) is 11.3 Å². The minimum atomic E-state index is -0.315. The lowest BCUT2D eigenvalue weighted by molar-refractivity contribution is -0.115. The summed E-state index contributed by atoms with van der Waals surface area (Å²) in [4.78, 5) is 21.9. The molecule has 0 spiro atoms. The van der Waals surface area contributed by atoms with E-state index in [1.807, 2.05) is 37.3 Å². The number of aromatic nitrogens is 2. The number of rotatable bonds is 2. The lowest BCUT2D eigenvalue weighted by atomic mass is 10.1. The minimum Gasteiger partial charge on any atom is -0.449 e. The second-order valence-electron chi connectivity index (χ2n) is 5.49. The van der Waals surface area contributed by atoms with Crippen LogP contribution in [0.5, 0.6) is 5.75 Å². The molecule has 1 aliphatic heterocycles. The summed E-state index contributed by atoms with van der Waals surface area (Å²) in [5, 5.41) is 3.37. The van der Waals surface area contributed by atoms with Gasteiger partial charge in [-0.15, -0.1) is 11.3 Å². The van der Waals surface area contributed by atoms with Crippen molar-refractivity contribution < 1.29 is 9.53 Å². The summed E-state index contributed by atoms with van der Waals surface area (Å²) in [5.41, 5.74) is 8.72. The number of anilines is 2. The highest BCUT2D eigenvalue weighted by molar-refractivity contribution is 7.15. The minimum absolute atomic E-state index is 0.202. The van der Waals surface area contributed by atoms with E-state index in [0.717, 1.165) is 16.1 Å². The highest BCUT2D eigenvalue weighted by atomic mass is 32.1. The summed E-state index contributed by atoms with van der Waals surface area (Å²) in [7, 11) is 0. The number of fused-ring (bicyclic) bond motifs is 1. The summed E-state index contributed by atoms with van der Waals surface area (Å²) < 4.78 is 5.74. The van der Waals surface area contributed by atoms with Crippen molar-refractivity contribution in [2.24, 2.45) is 0 Å². The Bertz CT molecular complexity index is 996. The number of amides is 1. The van der Waals surface area contributed by atoms with Gasteiger partial charge in [-0.1, -0.05) is 6.07 Å². The molecule has 0 radical (unpaired) electrons. The van der Waals surface area contributed by atoms with Gasteiger partial charge in [0.15, 0.2) is 16.6 Å². The predicted molar refractivity (Wildman–Crippen MR) is 98.2 cm³/mol. The molecule has 4 rings (SSSR count). The molecule has 1 aliphatic rings. The Morgan fingerprint density at radius 3 is 2.88 bits per heavy atom. The molecule has 25 heavy (non-hydrogen) atoms. The van der Waals surface area contributed by atoms with Gasteiger partial charge in [-0.3, -0.25) is 9.78 Å². The third-order valence-electron chi connectivity index (χ3n) is 3.72. The number of nitrogens with one attached hydrogen (secondary N) is 1. The Labute approximate surface area is 148 Å². The van der Waals surface area contributed by atoms with E-state index in [4.69, 9.17) is 10.5 Å². The fraction of sp³-hybridized carbons (Fsp3) is 0.0556. The highest BCUT2D eigenvalue weighted by Crippen LogP contribution is 2.37. The number of benzene rings is 1. The van der Waals surface area contributed by atoms with Gasteiger partial charge in [-0.2, -0.15) is 0 Å². The zero-order chi connectivity index (χ0) is 17.4. The van der Waals surface area contributed by atoms with E-state index in [9.17, 15) is 4.79 Å². The molecule has 7 heteroatoms. The van der Waals surface area contributed by atoms with Gasteiger partial charge in [0.2, 0.25) is 0 Å². The van der Waals surface area contributed by atoms with Gasteiger partial charge in [-0.25, -0.2) is 4.98 Å².